The number of likely N-dealkylation sites (N-methyl/N-ethyl adjacent to an activating group) is 1. The summed E-state index contributed by atoms with van der Waals surface area (Å²) in [5, 5.41) is 3.70. The van der Waals surface area contributed by atoms with Crippen LogP contribution in [0.3, 0.4) is 0 Å². The fourth-order valence-electron chi connectivity index (χ4n) is 2.59. The molecule has 0 amide bonds. The molecule has 3 heteroatoms. The van der Waals surface area contributed by atoms with E-state index in [0.29, 0.717) is 0 Å². The van der Waals surface area contributed by atoms with Crippen molar-refractivity contribution in [2.45, 2.75) is 33.2 Å². The molecule has 0 aliphatic heterocycles. The normalized spacial score (nSPS) is 12.4. The van der Waals surface area contributed by atoms with E-state index < -0.39 is 0 Å². The number of benzene rings is 2. The van der Waals surface area contributed by atoms with Crippen molar-refractivity contribution in [3.63, 3.8) is 0 Å². The molecule has 0 aromatic heterocycles. The number of nitrogens with one attached hydrogen (secondary N) is 1. The van der Waals surface area contributed by atoms with Crippen molar-refractivity contribution in [3.05, 3.63) is 69.5 Å². The van der Waals surface area contributed by atoms with Gasteiger partial charge in [0, 0.05) is 6.04 Å². The predicted molar refractivity (Wildman–Crippen MR) is 87.4 cm³/mol. The summed E-state index contributed by atoms with van der Waals surface area (Å²) in [5.74, 6) is -0.368. The molecule has 0 bridgehead atoms. The van der Waals surface area contributed by atoms with Gasteiger partial charge in [-0.25, -0.2) is 4.39 Å². The van der Waals surface area contributed by atoms with Gasteiger partial charge < -0.3 is 5.32 Å². The van der Waals surface area contributed by atoms with E-state index >= 15 is 0 Å². The van der Waals surface area contributed by atoms with Gasteiger partial charge in [-0.2, -0.15) is 0 Å². The van der Waals surface area contributed by atoms with Gasteiger partial charge in [-0.05, 0) is 61.2 Å². The van der Waals surface area contributed by atoms with E-state index in [1.807, 2.05) is 0 Å². The Kier molecular flexibility index (Phi) is 5.38. The Morgan fingerprint density at radius 2 is 1.95 bits per heavy atom. The fraction of sp³-hybridized carbons (Fsp3) is 0.333. The van der Waals surface area contributed by atoms with Gasteiger partial charge in [0.15, 0.2) is 0 Å². The van der Waals surface area contributed by atoms with Crippen LogP contribution in [0.5, 0.6) is 0 Å². The molecule has 0 spiro atoms. The first kappa shape index (κ1) is 16.0. The summed E-state index contributed by atoms with van der Waals surface area (Å²) in [6, 6.07) is 11.5. The lowest BCUT2D eigenvalue weighted by molar-refractivity contribution is 0.546. The van der Waals surface area contributed by atoms with Crippen molar-refractivity contribution in [2.24, 2.45) is 0 Å². The molecule has 0 aliphatic rings. The molecule has 2 rings (SSSR count). The van der Waals surface area contributed by atoms with Crippen molar-refractivity contribution in [1.82, 2.24) is 5.32 Å². The smallest absolute Gasteiger partial charge is 0.141 e. The van der Waals surface area contributed by atoms with E-state index in [2.05, 4.69) is 44.3 Å². The van der Waals surface area contributed by atoms with Crippen LogP contribution in [-0.2, 0) is 6.42 Å². The highest BCUT2D eigenvalue weighted by molar-refractivity contribution is 6.30. The summed E-state index contributed by atoms with van der Waals surface area (Å²) >= 11 is 5.88. The van der Waals surface area contributed by atoms with Crippen LogP contribution in [-0.4, -0.2) is 6.54 Å². The molecule has 112 valence electrons. The van der Waals surface area contributed by atoms with Gasteiger partial charge in [0.1, 0.15) is 5.82 Å². The lowest BCUT2D eigenvalue weighted by Crippen LogP contribution is -2.24. The van der Waals surface area contributed by atoms with Crippen LogP contribution >= 0.6 is 11.6 Å². The highest BCUT2D eigenvalue weighted by atomic mass is 35.5. The Hall–Kier alpha value is -1.38. The average molecular weight is 306 g/mol. The standard InChI is InChI=1S/C18H21ClFN/c1-4-21-18(15-7-5-6-12(2)13(15)3)11-14-8-9-17(20)16(19)10-14/h5-10,18,21H,4,11H2,1-3H3. The van der Waals surface area contributed by atoms with Gasteiger partial charge in [-0.15, -0.1) is 0 Å². The van der Waals surface area contributed by atoms with E-state index in [9.17, 15) is 4.39 Å². The quantitative estimate of drug-likeness (QED) is 0.820. The van der Waals surface area contributed by atoms with Crippen LogP contribution in [0.15, 0.2) is 36.4 Å². The lowest BCUT2D eigenvalue weighted by atomic mass is 9.93. The van der Waals surface area contributed by atoms with Crippen LogP contribution in [0.2, 0.25) is 5.02 Å². The topological polar surface area (TPSA) is 12.0 Å². The first-order valence-corrected chi connectivity index (χ1v) is 7.64. The Labute approximate surface area is 131 Å². The molecule has 1 atom stereocenters. The summed E-state index contributed by atoms with van der Waals surface area (Å²) < 4.78 is 13.3. The maximum Gasteiger partial charge on any atom is 0.141 e. The average Bonchev–Trinajstić information content (AvgIpc) is 2.45. The zero-order valence-corrected chi connectivity index (χ0v) is 13.5. The highest BCUT2D eigenvalue weighted by Crippen LogP contribution is 2.25. The van der Waals surface area contributed by atoms with Crippen molar-refractivity contribution in [1.29, 1.82) is 0 Å². The summed E-state index contributed by atoms with van der Waals surface area (Å²) in [5.41, 5.74) is 4.91. The first-order valence-electron chi connectivity index (χ1n) is 7.26. The number of halogens is 2. The molecule has 0 saturated carbocycles. The molecule has 2 aromatic carbocycles. The molecule has 1 nitrogen and oxygen atoms in total. The molecule has 0 saturated heterocycles. The Bertz CT molecular complexity index is 625. The monoisotopic (exact) mass is 305 g/mol. The first-order chi connectivity index (χ1) is 10.0. The van der Waals surface area contributed by atoms with E-state index in [1.54, 1.807) is 12.1 Å². The second-order valence-electron chi connectivity index (χ2n) is 5.35. The van der Waals surface area contributed by atoms with Crippen LogP contribution < -0.4 is 5.32 Å². The van der Waals surface area contributed by atoms with Gasteiger partial charge in [-0.3, -0.25) is 0 Å². The largest absolute Gasteiger partial charge is 0.310 e. The molecule has 0 heterocycles. The minimum Gasteiger partial charge on any atom is -0.310 e. The lowest BCUT2D eigenvalue weighted by Gasteiger charge is -2.21. The molecule has 1 unspecified atom stereocenters. The third-order valence-corrected chi connectivity index (χ3v) is 4.19. The third kappa shape index (κ3) is 3.84. The molecule has 1 N–H and O–H groups in total. The van der Waals surface area contributed by atoms with Crippen LogP contribution in [0.1, 0.15) is 35.2 Å². The van der Waals surface area contributed by atoms with E-state index in [-0.39, 0.29) is 16.9 Å². The van der Waals surface area contributed by atoms with Crippen molar-refractivity contribution < 1.29 is 4.39 Å². The summed E-state index contributed by atoms with van der Waals surface area (Å²) in [6.07, 6.45) is 0.790. The predicted octanol–water partition coefficient (Wildman–Crippen LogP) is 4.99. The van der Waals surface area contributed by atoms with Crippen LogP contribution in [0, 0.1) is 19.7 Å². The SMILES string of the molecule is CCNC(Cc1ccc(F)c(Cl)c1)c1cccc(C)c1C. The highest BCUT2D eigenvalue weighted by Gasteiger charge is 2.15. The number of rotatable bonds is 5. The van der Waals surface area contributed by atoms with Gasteiger partial charge in [0.05, 0.1) is 5.02 Å². The van der Waals surface area contributed by atoms with Gasteiger partial charge in [0.2, 0.25) is 0 Å². The Balaban J connectivity index is 2.30. The minimum absolute atomic E-state index is 0.184. The maximum atomic E-state index is 13.3. The Morgan fingerprint density at radius 1 is 1.19 bits per heavy atom. The molecular formula is C18H21ClFN. The van der Waals surface area contributed by atoms with Crippen LogP contribution in [0.25, 0.3) is 0 Å². The van der Waals surface area contributed by atoms with Crippen molar-refractivity contribution in [2.75, 3.05) is 6.54 Å². The Morgan fingerprint density at radius 3 is 2.62 bits per heavy atom. The molecule has 2 aromatic rings. The van der Waals surface area contributed by atoms with Gasteiger partial charge >= 0.3 is 0 Å². The number of hydrogen-bond acceptors (Lipinski definition) is 1. The molecule has 0 fully saturated rings. The molecular weight excluding hydrogens is 285 g/mol. The fourth-order valence-corrected chi connectivity index (χ4v) is 2.80. The number of hydrogen-bond donors (Lipinski definition) is 1. The zero-order chi connectivity index (χ0) is 15.4. The van der Waals surface area contributed by atoms with E-state index in [0.717, 1.165) is 18.5 Å². The zero-order valence-electron chi connectivity index (χ0n) is 12.7. The van der Waals surface area contributed by atoms with Gasteiger partial charge in [-0.1, -0.05) is 42.8 Å². The molecule has 0 radical (unpaired) electrons. The molecule has 21 heavy (non-hydrogen) atoms. The summed E-state index contributed by atoms with van der Waals surface area (Å²) in [4.78, 5) is 0. The molecule has 0 aliphatic carbocycles. The minimum atomic E-state index is -0.368. The van der Waals surface area contributed by atoms with Crippen molar-refractivity contribution >= 4 is 11.6 Å². The van der Waals surface area contributed by atoms with E-state index in [1.165, 1.54) is 22.8 Å². The summed E-state index contributed by atoms with van der Waals surface area (Å²) in [6.45, 7) is 7.24. The van der Waals surface area contributed by atoms with E-state index in [4.69, 9.17) is 11.6 Å². The summed E-state index contributed by atoms with van der Waals surface area (Å²) in [7, 11) is 0. The maximum absolute atomic E-state index is 13.3. The van der Waals surface area contributed by atoms with Crippen molar-refractivity contribution in [3.8, 4) is 0 Å². The van der Waals surface area contributed by atoms with Gasteiger partial charge in [0.25, 0.3) is 0 Å². The number of aryl methyl sites for hydroxylation is 1. The second kappa shape index (κ2) is 7.06. The van der Waals surface area contributed by atoms with Crippen LogP contribution in [0.4, 0.5) is 4.39 Å². The third-order valence-electron chi connectivity index (χ3n) is 3.90. The second-order valence-corrected chi connectivity index (χ2v) is 5.76.